The minimum atomic E-state index is -0.200. The number of hydrogen-bond donors (Lipinski definition) is 0. The van der Waals surface area contributed by atoms with Crippen LogP contribution < -0.4 is 0 Å². The Morgan fingerprint density at radius 1 is 1.40 bits per heavy atom. The van der Waals surface area contributed by atoms with E-state index < -0.39 is 0 Å². The average molecular weight is 343 g/mol. The third kappa shape index (κ3) is 4.29. The van der Waals surface area contributed by atoms with E-state index in [2.05, 4.69) is 36.7 Å². The van der Waals surface area contributed by atoms with Crippen LogP contribution in [0, 0.1) is 17.2 Å². The van der Waals surface area contributed by atoms with Crippen molar-refractivity contribution in [3.8, 4) is 0 Å². The Bertz CT molecular complexity index is 446. The molecule has 0 amide bonds. The highest BCUT2D eigenvalue weighted by atomic mass is 79.9. The van der Waals surface area contributed by atoms with E-state index in [1.165, 1.54) is 12.5 Å². The Kier molecular flexibility index (Phi) is 5.25. The first-order chi connectivity index (χ1) is 9.39. The summed E-state index contributed by atoms with van der Waals surface area (Å²) in [5, 5.41) is 0.696. The van der Waals surface area contributed by atoms with Gasteiger partial charge in [0.15, 0.2) is 0 Å². The molecule has 1 saturated carbocycles. The summed E-state index contributed by atoms with van der Waals surface area (Å²) >= 11 is 3.50. The molecule has 0 bridgehead atoms. The lowest BCUT2D eigenvalue weighted by Gasteiger charge is -2.40. The lowest BCUT2D eigenvalue weighted by Crippen LogP contribution is -2.33. The molecule has 20 heavy (non-hydrogen) atoms. The molecule has 0 aliphatic heterocycles. The topological polar surface area (TPSA) is 9.23 Å². The number of ether oxygens (including phenoxy) is 1. The molecule has 2 rings (SSSR count). The van der Waals surface area contributed by atoms with Crippen LogP contribution in [-0.2, 0) is 4.74 Å². The van der Waals surface area contributed by atoms with Gasteiger partial charge in [0.05, 0.1) is 12.2 Å². The van der Waals surface area contributed by atoms with Crippen LogP contribution in [0.1, 0.15) is 51.7 Å². The molecule has 1 nitrogen and oxygen atoms in total. The van der Waals surface area contributed by atoms with Crippen LogP contribution >= 0.6 is 15.9 Å². The fraction of sp³-hybridized carbons (Fsp3) is 0.647. The van der Waals surface area contributed by atoms with Crippen LogP contribution in [-0.4, -0.2) is 11.4 Å². The van der Waals surface area contributed by atoms with Gasteiger partial charge < -0.3 is 4.74 Å². The van der Waals surface area contributed by atoms with E-state index in [0.29, 0.717) is 16.7 Å². The third-order valence-electron chi connectivity index (χ3n) is 4.06. The number of hydrogen-bond acceptors (Lipinski definition) is 1. The van der Waals surface area contributed by atoms with E-state index in [1.54, 1.807) is 12.1 Å². The van der Waals surface area contributed by atoms with Gasteiger partial charge in [-0.15, -0.1) is 0 Å². The van der Waals surface area contributed by atoms with Gasteiger partial charge in [0.2, 0.25) is 0 Å². The van der Waals surface area contributed by atoms with Crippen molar-refractivity contribution in [3.63, 3.8) is 0 Å². The third-order valence-corrected chi connectivity index (χ3v) is 4.65. The van der Waals surface area contributed by atoms with Crippen LogP contribution in [0.3, 0.4) is 0 Å². The molecule has 1 aromatic rings. The first kappa shape index (κ1) is 16.0. The van der Waals surface area contributed by atoms with E-state index >= 15 is 0 Å². The minimum Gasteiger partial charge on any atom is -0.369 e. The van der Waals surface area contributed by atoms with Crippen molar-refractivity contribution in [2.24, 2.45) is 11.3 Å². The van der Waals surface area contributed by atoms with Gasteiger partial charge in [0.25, 0.3) is 0 Å². The molecule has 3 unspecified atom stereocenters. The number of benzene rings is 1. The molecule has 0 radical (unpaired) electrons. The average Bonchev–Trinajstić information content (AvgIpc) is 2.33. The van der Waals surface area contributed by atoms with Gasteiger partial charge in [-0.1, -0.05) is 48.8 Å². The Labute approximate surface area is 130 Å². The predicted octanol–water partition coefficient (Wildman–Crippen LogP) is 5.49. The largest absolute Gasteiger partial charge is 0.369 e. The summed E-state index contributed by atoms with van der Waals surface area (Å²) in [5.74, 6) is 0.488. The molecule has 0 saturated heterocycles. The Balaban J connectivity index is 2.06. The van der Waals surface area contributed by atoms with Gasteiger partial charge in [-0.05, 0) is 48.3 Å². The fourth-order valence-corrected chi connectivity index (χ4v) is 4.03. The Hall–Kier alpha value is -0.410. The van der Waals surface area contributed by atoms with Crippen molar-refractivity contribution in [3.05, 3.63) is 35.6 Å². The summed E-state index contributed by atoms with van der Waals surface area (Å²) in [6.45, 7) is 6.91. The van der Waals surface area contributed by atoms with Gasteiger partial charge >= 0.3 is 0 Å². The second-order valence-corrected chi connectivity index (χ2v) is 7.52. The lowest BCUT2D eigenvalue weighted by molar-refractivity contribution is -0.0580. The standard InChI is InChI=1S/C17H24BrFO/c1-12-7-15(10-17(2,3)9-12)20-16(11-18)13-5-4-6-14(19)8-13/h4-6,8,12,15-16H,7,9-11H2,1-3H3. The molecular formula is C17H24BrFO. The van der Waals surface area contributed by atoms with Crippen molar-refractivity contribution >= 4 is 15.9 Å². The molecule has 0 spiro atoms. The summed E-state index contributed by atoms with van der Waals surface area (Å²) in [4.78, 5) is 0. The van der Waals surface area contributed by atoms with Crippen molar-refractivity contribution in [1.29, 1.82) is 0 Å². The van der Waals surface area contributed by atoms with E-state index in [9.17, 15) is 4.39 Å². The van der Waals surface area contributed by atoms with Crippen LogP contribution in [0.4, 0.5) is 4.39 Å². The van der Waals surface area contributed by atoms with Crippen LogP contribution in [0.25, 0.3) is 0 Å². The summed E-state index contributed by atoms with van der Waals surface area (Å²) in [5.41, 5.74) is 1.25. The zero-order valence-electron chi connectivity index (χ0n) is 12.5. The Morgan fingerprint density at radius 3 is 2.75 bits per heavy atom. The molecule has 112 valence electrons. The first-order valence-corrected chi connectivity index (χ1v) is 8.48. The second-order valence-electron chi connectivity index (χ2n) is 6.87. The van der Waals surface area contributed by atoms with Crippen molar-refractivity contribution in [2.45, 2.75) is 52.2 Å². The van der Waals surface area contributed by atoms with Gasteiger partial charge in [-0.25, -0.2) is 4.39 Å². The zero-order valence-corrected chi connectivity index (χ0v) is 14.1. The maximum Gasteiger partial charge on any atom is 0.123 e. The predicted molar refractivity (Wildman–Crippen MR) is 84.6 cm³/mol. The van der Waals surface area contributed by atoms with Gasteiger partial charge in [-0.3, -0.25) is 0 Å². The summed E-state index contributed by atoms with van der Waals surface area (Å²) in [7, 11) is 0. The maximum atomic E-state index is 13.4. The van der Waals surface area contributed by atoms with Crippen LogP contribution in [0.2, 0.25) is 0 Å². The number of halogens is 2. The van der Waals surface area contributed by atoms with Crippen molar-refractivity contribution in [2.75, 3.05) is 5.33 Å². The van der Waals surface area contributed by atoms with Crippen molar-refractivity contribution < 1.29 is 9.13 Å². The van der Waals surface area contributed by atoms with Gasteiger partial charge in [0, 0.05) is 5.33 Å². The Morgan fingerprint density at radius 2 is 2.15 bits per heavy atom. The normalized spacial score (nSPS) is 27.2. The molecule has 0 heterocycles. The molecular weight excluding hydrogens is 319 g/mol. The molecule has 3 atom stereocenters. The van der Waals surface area contributed by atoms with E-state index in [4.69, 9.17) is 4.74 Å². The van der Waals surface area contributed by atoms with Crippen molar-refractivity contribution in [1.82, 2.24) is 0 Å². The molecule has 0 aromatic heterocycles. The molecule has 3 heteroatoms. The lowest BCUT2D eigenvalue weighted by atomic mass is 9.71. The smallest absolute Gasteiger partial charge is 0.123 e. The monoisotopic (exact) mass is 342 g/mol. The molecule has 1 aliphatic rings. The zero-order chi connectivity index (χ0) is 14.8. The fourth-order valence-electron chi connectivity index (χ4n) is 3.51. The minimum absolute atomic E-state index is 0.0724. The van der Waals surface area contributed by atoms with E-state index in [-0.39, 0.29) is 18.0 Å². The van der Waals surface area contributed by atoms with Crippen LogP contribution in [0.15, 0.2) is 24.3 Å². The van der Waals surface area contributed by atoms with E-state index in [0.717, 1.165) is 18.4 Å². The van der Waals surface area contributed by atoms with Gasteiger partial charge in [-0.2, -0.15) is 0 Å². The highest BCUT2D eigenvalue weighted by molar-refractivity contribution is 9.09. The van der Waals surface area contributed by atoms with Gasteiger partial charge in [0.1, 0.15) is 5.82 Å². The summed E-state index contributed by atoms with van der Waals surface area (Å²) < 4.78 is 19.6. The molecule has 1 aliphatic carbocycles. The first-order valence-electron chi connectivity index (χ1n) is 7.36. The number of alkyl halides is 1. The maximum absolute atomic E-state index is 13.4. The highest BCUT2D eigenvalue weighted by Gasteiger charge is 2.33. The molecule has 0 N–H and O–H groups in total. The highest BCUT2D eigenvalue weighted by Crippen LogP contribution is 2.41. The SMILES string of the molecule is CC1CC(OC(CBr)c2cccc(F)c2)CC(C)(C)C1. The van der Waals surface area contributed by atoms with Crippen LogP contribution in [0.5, 0.6) is 0 Å². The second kappa shape index (κ2) is 6.57. The molecule has 1 aromatic carbocycles. The quantitative estimate of drug-likeness (QED) is 0.657. The number of rotatable bonds is 4. The summed E-state index contributed by atoms with van der Waals surface area (Å²) in [6, 6.07) is 6.73. The molecule has 1 fully saturated rings. The summed E-state index contributed by atoms with van der Waals surface area (Å²) in [6.07, 6.45) is 3.63. The van der Waals surface area contributed by atoms with E-state index in [1.807, 2.05) is 6.07 Å².